The molecule has 0 atom stereocenters. The van der Waals surface area contributed by atoms with Gasteiger partial charge in [0.25, 0.3) is 0 Å². The van der Waals surface area contributed by atoms with Gasteiger partial charge in [-0.1, -0.05) is 30.3 Å². The van der Waals surface area contributed by atoms with Crippen LogP contribution >= 0.6 is 0 Å². The molecule has 0 aliphatic carbocycles. The number of phenols is 1. The average molecular weight is 472 g/mol. The van der Waals surface area contributed by atoms with E-state index in [1.807, 2.05) is 18.2 Å². The number of nitrogens with zero attached hydrogens (tertiary/aromatic N) is 5. The summed E-state index contributed by atoms with van der Waals surface area (Å²) in [7, 11) is 1.50. The van der Waals surface area contributed by atoms with Crippen LogP contribution < -0.4 is 20.4 Å². The minimum Gasteiger partial charge on any atom is -0.504 e. The second-order valence-electron chi connectivity index (χ2n) is 7.87. The summed E-state index contributed by atoms with van der Waals surface area (Å²) < 4.78 is 10.6. The molecular formula is C25H25N7O3. The highest BCUT2D eigenvalue weighted by Crippen LogP contribution is 2.26. The monoisotopic (exact) mass is 471 g/mol. The quantitative estimate of drug-likeness (QED) is 0.273. The lowest BCUT2D eigenvalue weighted by Gasteiger charge is -2.27. The zero-order valence-electron chi connectivity index (χ0n) is 19.2. The van der Waals surface area contributed by atoms with Gasteiger partial charge in [0.05, 0.1) is 26.5 Å². The zero-order chi connectivity index (χ0) is 24.0. The number of hydrogen-bond donors (Lipinski definition) is 3. The van der Waals surface area contributed by atoms with Gasteiger partial charge in [0, 0.05) is 18.8 Å². The van der Waals surface area contributed by atoms with Gasteiger partial charge in [-0.3, -0.25) is 0 Å². The number of rotatable bonds is 7. The molecule has 4 aromatic rings. The molecule has 0 spiro atoms. The molecule has 3 aromatic carbocycles. The van der Waals surface area contributed by atoms with E-state index in [2.05, 4.69) is 60.0 Å². The molecule has 0 unspecified atom stereocenters. The van der Waals surface area contributed by atoms with Crippen LogP contribution in [0.15, 0.2) is 65.8 Å². The van der Waals surface area contributed by atoms with E-state index in [0.717, 1.165) is 22.0 Å². The van der Waals surface area contributed by atoms with Gasteiger partial charge in [0.15, 0.2) is 11.5 Å². The van der Waals surface area contributed by atoms with Crippen molar-refractivity contribution in [2.75, 3.05) is 49.1 Å². The molecule has 3 N–H and O–H groups in total. The molecule has 5 rings (SSSR count). The van der Waals surface area contributed by atoms with Gasteiger partial charge >= 0.3 is 0 Å². The molecule has 0 amide bonds. The number of methoxy groups -OCH3 is 1. The highest BCUT2D eigenvalue weighted by molar-refractivity contribution is 5.86. The van der Waals surface area contributed by atoms with Crippen molar-refractivity contribution in [3.63, 3.8) is 0 Å². The lowest BCUT2D eigenvalue weighted by atomic mass is 10.1. The van der Waals surface area contributed by atoms with Crippen LogP contribution in [0.2, 0.25) is 0 Å². The van der Waals surface area contributed by atoms with E-state index in [1.165, 1.54) is 7.11 Å². The number of fused-ring (bicyclic) bond motifs is 1. The summed E-state index contributed by atoms with van der Waals surface area (Å²) in [5.41, 5.74) is 4.50. The minimum atomic E-state index is 0.0645. The molecule has 1 aliphatic heterocycles. The first-order valence-electron chi connectivity index (χ1n) is 11.2. The molecule has 1 aromatic heterocycles. The number of nitrogens with one attached hydrogen (secondary N) is 2. The number of ether oxygens (including phenoxy) is 2. The maximum absolute atomic E-state index is 9.77. The van der Waals surface area contributed by atoms with Crippen LogP contribution in [0.1, 0.15) is 5.56 Å². The minimum absolute atomic E-state index is 0.0645. The Labute approximate surface area is 202 Å². The Bertz CT molecular complexity index is 1360. The van der Waals surface area contributed by atoms with Crippen LogP contribution in [-0.2, 0) is 4.74 Å². The predicted molar refractivity (Wildman–Crippen MR) is 136 cm³/mol. The summed E-state index contributed by atoms with van der Waals surface area (Å²) in [6.07, 6.45) is 1.59. The molecule has 10 nitrogen and oxygen atoms in total. The lowest BCUT2D eigenvalue weighted by molar-refractivity contribution is 0.122. The van der Waals surface area contributed by atoms with E-state index in [9.17, 15) is 5.11 Å². The van der Waals surface area contributed by atoms with Gasteiger partial charge < -0.3 is 24.8 Å². The third-order valence-corrected chi connectivity index (χ3v) is 5.51. The first-order valence-corrected chi connectivity index (χ1v) is 11.2. The van der Waals surface area contributed by atoms with Crippen molar-refractivity contribution in [1.82, 2.24) is 15.0 Å². The predicted octanol–water partition coefficient (Wildman–Crippen LogP) is 3.77. The van der Waals surface area contributed by atoms with Gasteiger partial charge in [-0.05, 0) is 46.7 Å². The molecular weight excluding hydrogens is 446 g/mol. The summed E-state index contributed by atoms with van der Waals surface area (Å²) in [4.78, 5) is 15.7. The molecule has 10 heteroatoms. The Kier molecular flexibility index (Phi) is 6.53. The Morgan fingerprint density at radius 1 is 0.971 bits per heavy atom. The van der Waals surface area contributed by atoms with Gasteiger partial charge in [-0.15, -0.1) is 0 Å². The number of anilines is 4. The van der Waals surface area contributed by atoms with Crippen molar-refractivity contribution >= 4 is 40.5 Å². The lowest BCUT2D eigenvalue weighted by Crippen LogP contribution is -2.37. The molecule has 0 radical (unpaired) electrons. The van der Waals surface area contributed by atoms with Crippen molar-refractivity contribution in [2.45, 2.75) is 0 Å². The first kappa shape index (κ1) is 22.4. The second-order valence-corrected chi connectivity index (χ2v) is 7.87. The van der Waals surface area contributed by atoms with Crippen molar-refractivity contribution in [3.05, 3.63) is 66.2 Å². The summed E-state index contributed by atoms with van der Waals surface area (Å²) in [6.45, 7) is 2.61. The molecule has 178 valence electrons. The van der Waals surface area contributed by atoms with Crippen molar-refractivity contribution < 1.29 is 14.6 Å². The number of morpholine rings is 1. The van der Waals surface area contributed by atoms with Crippen LogP contribution in [0.5, 0.6) is 11.5 Å². The molecule has 1 aliphatic rings. The van der Waals surface area contributed by atoms with E-state index in [-0.39, 0.29) is 5.75 Å². The van der Waals surface area contributed by atoms with Crippen LogP contribution in [0, 0.1) is 0 Å². The zero-order valence-corrected chi connectivity index (χ0v) is 19.2. The largest absolute Gasteiger partial charge is 0.504 e. The van der Waals surface area contributed by atoms with Crippen LogP contribution in [0.3, 0.4) is 0 Å². The second kappa shape index (κ2) is 10.2. The highest BCUT2D eigenvalue weighted by Gasteiger charge is 2.17. The first-order chi connectivity index (χ1) is 17.2. The highest BCUT2D eigenvalue weighted by atomic mass is 16.5. The molecule has 35 heavy (non-hydrogen) atoms. The van der Waals surface area contributed by atoms with E-state index < -0.39 is 0 Å². The average Bonchev–Trinajstić information content (AvgIpc) is 2.90. The maximum atomic E-state index is 9.77. The fourth-order valence-corrected chi connectivity index (χ4v) is 3.71. The normalized spacial score (nSPS) is 13.8. The van der Waals surface area contributed by atoms with Gasteiger partial charge in [0.2, 0.25) is 17.8 Å². The van der Waals surface area contributed by atoms with E-state index in [4.69, 9.17) is 9.47 Å². The summed E-state index contributed by atoms with van der Waals surface area (Å²) in [5.74, 6) is 1.67. The summed E-state index contributed by atoms with van der Waals surface area (Å²) in [6, 6.07) is 19.2. The van der Waals surface area contributed by atoms with Crippen molar-refractivity contribution in [1.29, 1.82) is 0 Å². The molecule has 2 heterocycles. The smallest absolute Gasteiger partial charge is 0.250 e. The van der Waals surface area contributed by atoms with Crippen LogP contribution in [0.4, 0.5) is 23.5 Å². The third-order valence-electron chi connectivity index (χ3n) is 5.51. The number of hydrogen-bond acceptors (Lipinski definition) is 10. The number of aromatic hydroxyl groups is 1. The standard InChI is InChI=1S/C25H25N7O3/c1-34-22-14-17(6-9-21(22)33)16-26-31-24-28-23(29-25(30-24)32-10-12-35-13-11-32)27-20-8-7-18-4-2-3-5-19(18)15-20/h2-9,14-16,33H,10-13H2,1H3,(H2,27,28,29,30,31)/b26-16+. The Morgan fingerprint density at radius 2 is 1.77 bits per heavy atom. The number of benzene rings is 3. The van der Waals surface area contributed by atoms with Gasteiger partial charge in [-0.25, -0.2) is 5.43 Å². The van der Waals surface area contributed by atoms with Crippen molar-refractivity contribution in [2.24, 2.45) is 5.10 Å². The Morgan fingerprint density at radius 3 is 2.60 bits per heavy atom. The number of phenolic OH excluding ortho intramolecular Hbond substituents is 1. The van der Waals surface area contributed by atoms with Crippen molar-refractivity contribution in [3.8, 4) is 11.5 Å². The number of hydrazone groups is 1. The van der Waals surface area contributed by atoms with Crippen LogP contribution in [-0.4, -0.2) is 59.7 Å². The van der Waals surface area contributed by atoms with E-state index in [1.54, 1.807) is 24.4 Å². The summed E-state index contributed by atoms with van der Waals surface area (Å²) in [5, 5.41) is 19.6. The topological polar surface area (TPSA) is 117 Å². The third kappa shape index (κ3) is 5.39. The van der Waals surface area contributed by atoms with Crippen LogP contribution in [0.25, 0.3) is 10.8 Å². The maximum Gasteiger partial charge on any atom is 0.250 e. The molecule has 1 fully saturated rings. The van der Waals surface area contributed by atoms with E-state index in [0.29, 0.717) is 49.9 Å². The fraction of sp³-hybridized carbons (Fsp3) is 0.200. The van der Waals surface area contributed by atoms with Gasteiger partial charge in [0.1, 0.15) is 0 Å². The molecule has 0 saturated carbocycles. The molecule has 0 bridgehead atoms. The molecule has 1 saturated heterocycles. The number of aromatic nitrogens is 3. The Balaban J connectivity index is 1.40. The summed E-state index contributed by atoms with van der Waals surface area (Å²) >= 11 is 0. The Hall–Kier alpha value is -4.44. The van der Waals surface area contributed by atoms with E-state index >= 15 is 0 Å². The fourth-order valence-electron chi connectivity index (χ4n) is 3.71. The SMILES string of the molecule is COc1cc(/C=N/Nc2nc(Nc3ccc4ccccc4c3)nc(N3CCOCC3)n2)ccc1O. The van der Waals surface area contributed by atoms with Gasteiger partial charge in [-0.2, -0.15) is 20.1 Å².